The van der Waals surface area contributed by atoms with Crippen LogP contribution in [0.2, 0.25) is 0 Å². The van der Waals surface area contributed by atoms with Crippen molar-refractivity contribution in [1.82, 2.24) is 5.43 Å². The maximum atomic E-state index is 12.7. The van der Waals surface area contributed by atoms with Crippen LogP contribution in [0.15, 0.2) is 94.5 Å². The Kier molecular flexibility index (Phi) is 6.42. The second-order valence-electron chi connectivity index (χ2n) is 7.17. The summed E-state index contributed by atoms with van der Waals surface area (Å²) >= 11 is 3.35. The number of hydrogen-bond acceptors (Lipinski definition) is 4. The number of rotatable bonds is 5. The topological polar surface area (TPSA) is 67.8 Å². The minimum Gasteiger partial charge on any atom is -0.422 e. The highest BCUT2D eigenvalue weighted by atomic mass is 79.9. The summed E-state index contributed by atoms with van der Waals surface area (Å²) in [5, 5.41) is 5.93. The van der Waals surface area contributed by atoms with Gasteiger partial charge < -0.3 is 4.74 Å². The standard InChI is InChI=1S/C26H19BrN2O3/c1-17-6-4-9-20(14-17)26(31)32-24-13-12-18-7-2-3-11-22(18)23(24)16-28-29-25(30)19-8-5-10-21(27)15-19/h2-16H,1H3,(H,29,30)/b28-16+. The average molecular weight is 487 g/mol. The highest BCUT2D eigenvalue weighted by Gasteiger charge is 2.14. The Hall–Kier alpha value is -3.77. The van der Waals surface area contributed by atoms with Crippen molar-refractivity contribution in [1.29, 1.82) is 0 Å². The number of amides is 1. The maximum Gasteiger partial charge on any atom is 0.343 e. The van der Waals surface area contributed by atoms with Gasteiger partial charge >= 0.3 is 5.97 Å². The van der Waals surface area contributed by atoms with E-state index in [1.54, 1.807) is 36.4 Å². The molecule has 0 fully saturated rings. The summed E-state index contributed by atoms with van der Waals surface area (Å²) in [6.07, 6.45) is 1.50. The van der Waals surface area contributed by atoms with Crippen LogP contribution in [-0.2, 0) is 0 Å². The van der Waals surface area contributed by atoms with Crippen molar-refractivity contribution < 1.29 is 14.3 Å². The molecular formula is C26H19BrN2O3. The fraction of sp³-hybridized carbons (Fsp3) is 0.0385. The second-order valence-corrected chi connectivity index (χ2v) is 8.08. The van der Waals surface area contributed by atoms with E-state index in [1.165, 1.54) is 6.21 Å². The smallest absolute Gasteiger partial charge is 0.343 e. The lowest BCUT2D eigenvalue weighted by atomic mass is 10.0. The number of fused-ring (bicyclic) bond motifs is 1. The molecule has 1 N–H and O–H groups in total. The molecule has 0 unspecified atom stereocenters. The molecule has 4 rings (SSSR count). The lowest BCUT2D eigenvalue weighted by molar-refractivity contribution is 0.0734. The van der Waals surface area contributed by atoms with Crippen molar-refractivity contribution in [2.45, 2.75) is 6.92 Å². The molecule has 0 saturated heterocycles. The molecular weight excluding hydrogens is 468 g/mol. The number of carbonyl (C=O) groups is 2. The summed E-state index contributed by atoms with van der Waals surface area (Å²) in [5.74, 6) is -0.450. The van der Waals surface area contributed by atoms with Gasteiger partial charge in [0.2, 0.25) is 0 Å². The molecule has 32 heavy (non-hydrogen) atoms. The van der Waals surface area contributed by atoms with E-state index < -0.39 is 5.97 Å². The number of hydrazone groups is 1. The third kappa shape index (κ3) is 4.92. The number of hydrogen-bond donors (Lipinski definition) is 1. The van der Waals surface area contributed by atoms with Gasteiger partial charge in [0.25, 0.3) is 5.91 Å². The van der Waals surface area contributed by atoms with Crippen LogP contribution in [0.25, 0.3) is 10.8 Å². The fourth-order valence-corrected chi connectivity index (χ4v) is 3.68. The monoisotopic (exact) mass is 486 g/mol. The minimum atomic E-state index is -0.461. The first-order valence-electron chi connectivity index (χ1n) is 9.91. The van der Waals surface area contributed by atoms with Crippen LogP contribution in [0, 0.1) is 6.92 Å². The first-order chi connectivity index (χ1) is 15.5. The number of ether oxygens (including phenoxy) is 1. The number of aryl methyl sites for hydroxylation is 1. The van der Waals surface area contributed by atoms with Crippen LogP contribution in [0.4, 0.5) is 0 Å². The lowest BCUT2D eigenvalue weighted by Crippen LogP contribution is -2.17. The van der Waals surface area contributed by atoms with Gasteiger partial charge in [-0.05, 0) is 54.1 Å². The van der Waals surface area contributed by atoms with Crippen LogP contribution in [-0.4, -0.2) is 18.1 Å². The second kappa shape index (κ2) is 9.58. The van der Waals surface area contributed by atoms with Gasteiger partial charge in [-0.2, -0.15) is 5.10 Å². The number of nitrogens with one attached hydrogen (secondary N) is 1. The first kappa shape index (κ1) is 21.5. The Morgan fingerprint density at radius 3 is 2.50 bits per heavy atom. The Bertz CT molecular complexity index is 1350. The van der Waals surface area contributed by atoms with Crippen molar-refractivity contribution in [3.05, 3.63) is 112 Å². The van der Waals surface area contributed by atoms with E-state index in [-0.39, 0.29) is 5.91 Å². The lowest BCUT2D eigenvalue weighted by Gasteiger charge is -2.11. The Labute approximate surface area is 193 Å². The number of esters is 1. The van der Waals surface area contributed by atoms with Crippen LogP contribution in [0.3, 0.4) is 0 Å². The molecule has 5 nitrogen and oxygen atoms in total. The van der Waals surface area contributed by atoms with E-state index in [0.717, 1.165) is 20.8 Å². The number of carbonyl (C=O) groups excluding carboxylic acids is 2. The van der Waals surface area contributed by atoms with E-state index in [2.05, 4.69) is 26.5 Å². The van der Waals surface area contributed by atoms with Crippen LogP contribution < -0.4 is 10.2 Å². The third-order valence-electron chi connectivity index (χ3n) is 4.83. The number of halogens is 1. The predicted octanol–water partition coefficient (Wildman–Crippen LogP) is 5.89. The molecule has 6 heteroatoms. The largest absolute Gasteiger partial charge is 0.422 e. The molecule has 0 aliphatic carbocycles. The van der Waals surface area contributed by atoms with Gasteiger partial charge in [-0.1, -0.05) is 70.0 Å². The number of benzene rings is 4. The minimum absolute atomic E-state index is 0.346. The summed E-state index contributed by atoms with van der Waals surface area (Å²) in [4.78, 5) is 25.1. The summed E-state index contributed by atoms with van der Waals surface area (Å²) in [5.41, 5.74) is 5.03. The summed E-state index contributed by atoms with van der Waals surface area (Å²) in [7, 11) is 0. The van der Waals surface area contributed by atoms with Gasteiger partial charge in [0, 0.05) is 15.6 Å². The molecule has 0 radical (unpaired) electrons. The predicted molar refractivity (Wildman–Crippen MR) is 129 cm³/mol. The normalized spacial score (nSPS) is 10.9. The van der Waals surface area contributed by atoms with Crippen molar-refractivity contribution in [3.63, 3.8) is 0 Å². The van der Waals surface area contributed by atoms with Gasteiger partial charge in [0.1, 0.15) is 5.75 Å². The van der Waals surface area contributed by atoms with E-state index in [1.807, 2.05) is 55.5 Å². The van der Waals surface area contributed by atoms with Crippen LogP contribution in [0.1, 0.15) is 31.8 Å². The van der Waals surface area contributed by atoms with Crippen molar-refractivity contribution in [2.75, 3.05) is 0 Å². The molecule has 0 aromatic heterocycles. The molecule has 0 spiro atoms. The summed E-state index contributed by atoms with van der Waals surface area (Å²) in [6, 6.07) is 25.5. The summed E-state index contributed by atoms with van der Waals surface area (Å²) in [6.45, 7) is 1.92. The van der Waals surface area contributed by atoms with Crippen molar-refractivity contribution in [2.24, 2.45) is 5.10 Å². The van der Waals surface area contributed by atoms with E-state index in [4.69, 9.17) is 4.74 Å². The van der Waals surface area contributed by atoms with Crippen molar-refractivity contribution in [3.8, 4) is 5.75 Å². The SMILES string of the molecule is Cc1cccc(C(=O)Oc2ccc3ccccc3c2/C=N/NC(=O)c2cccc(Br)c2)c1. The van der Waals surface area contributed by atoms with E-state index in [0.29, 0.717) is 22.4 Å². The van der Waals surface area contributed by atoms with Gasteiger partial charge in [0.15, 0.2) is 0 Å². The molecule has 0 aliphatic rings. The quantitative estimate of drug-likeness (QED) is 0.165. The Morgan fingerprint density at radius 1 is 0.906 bits per heavy atom. The zero-order valence-electron chi connectivity index (χ0n) is 17.2. The van der Waals surface area contributed by atoms with Gasteiger partial charge in [0.05, 0.1) is 11.8 Å². The maximum absolute atomic E-state index is 12.7. The molecule has 0 saturated carbocycles. The molecule has 158 valence electrons. The molecule has 1 amide bonds. The molecule has 0 atom stereocenters. The zero-order chi connectivity index (χ0) is 22.5. The fourth-order valence-electron chi connectivity index (χ4n) is 3.28. The Balaban J connectivity index is 1.63. The third-order valence-corrected chi connectivity index (χ3v) is 5.33. The van der Waals surface area contributed by atoms with Gasteiger partial charge in [-0.3, -0.25) is 4.79 Å². The van der Waals surface area contributed by atoms with Crippen LogP contribution >= 0.6 is 15.9 Å². The van der Waals surface area contributed by atoms with E-state index in [9.17, 15) is 9.59 Å². The van der Waals surface area contributed by atoms with Gasteiger partial charge in [-0.25, -0.2) is 10.2 Å². The Morgan fingerprint density at radius 2 is 1.69 bits per heavy atom. The highest BCUT2D eigenvalue weighted by Crippen LogP contribution is 2.27. The molecule has 0 aliphatic heterocycles. The zero-order valence-corrected chi connectivity index (χ0v) is 18.8. The molecule has 4 aromatic rings. The molecule has 4 aromatic carbocycles. The highest BCUT2D eigenvalue weighted by molar-refractivity contribution is 9.10. The van der Waals surface area contributed by atoms with E-state index >= 15 is 0 Å². The summed E-state index contributed by atoms with van der Waals surface area (Å²) < 4.78 is 6.50. The number of nitrogens with zero attached hydrogens (tertiary/aromatic N) is 1. The van der Waals surface area contributed by atoms with Crippen molar-refractivity contribution >= 4 is 44.8 Å². The van der Waals surface area contributed by atoms with Gasteiger partial charge in [-0.15, -0.1) is 0 Å². The molecule has 0 heterocycles. The first-order valence-corrected chi connectivity index (χ1v) is 10.7. The molecule has 0 bridgehead atoms. The average Bonchev–Trinajstić information content (AvgIpc) is 2.80. The van der Waals surface area contributed by atoms with Crippen LogP contribution in [0.5, 0.6) is 5.75 Å².